The van der Waals surface area contributed by atoms with Gasteiger partial charge in [-0.05, 0) is 96.0 Å². The Bertz CT molecular complexity index is 1000. The van der Waals surface area contributed by atoms with Crippen LogP contribution < -0.4 is 4.74 Å². The molecule has 2 fully saturated rings. The second-order valence-corrected chi connectivity index (χ2v) is 9.97. The van der Waals surface area contributed by atoms with Crippen LogP contribution in [0, 0.1) is 17.3 Å². The lowest BCUT2D eigenvalue weighted by Crippen LogP contribution is -2.52. The number of aryl methyl sites for hydroxylation is 1. The smallest absolute Gasteiger partial charge is 0.120 e. The van der Waals surface area contributed by atoms with E-state index in [1.807, 2.05) is 18.2 Å². The normalized spacial score (nSPS) is 33.5. The summed E-state index contributed by atoms with van der Waals surface area (Å²) in [6.45, 7) is 3.03. The fourth-order valence-corrected chi connectivity index (χ4v) is 6.91. The lowest BCUT2D eigenvalue weighted by Gasteiger charge is -2.53. The van der Waals surface area contributed by atoms with E-state index in [2.05, 4.69) is 47.3 Å². The predicted octanol–water partition coefficient (Wildman–Crippen LogP) is 6.16. The van der Waals surface area contributed by atoms with Gasteiger partial charge in [-0.2, -0.15) is 0 Å². The molecule has 2 saturated carbocycles. The number of hydrogen-bond acceptors (Lipinski definition) is 3. The molecule has 3 aliphatic rings. The molecule has 0 bridgehead atoms. The summed E-state index contributed by atoms with van der Waals surface area (Å²) in [6, 6.07) is 16.9. The molecular formula is C26H31N3O2. The average Bonchev–Trinajstić information content (AvgIpc) is 3.07. The first-order valence-corrected chi connectivity index (χ1v) is 11.6. The Morgan fingerprint density at radius 1 is 1.13 bits per heavy atom. The third-order valence-electron chi connectivity index (χ3n) is 8.66. The number of ether oxygens (including phenoxy) is 1. The molecule has 0 amide bonds. The zero-order valence-corrected chi connectivity index (χ0v) is 18.2. The van der Waals surface area contributed by atoms with Crippen molar-refractivity contribution in [3.8, 4) is 5.75 Å². The first-order valence-electron chi connectivity index (χ1n) is 11.6. The zero-order chi connectivity index (χ0) is 21.5. The molecule has 0 heterocycles. The molecule has 2 aromatic carbocycles. The number of azide groups is 1. The molecule has 0 radical (unpaired) electrons. The molecule has 0 unspecified atom stereocenters. The van der Waals surface area contributed by atoms with Gasteiger partial charge in [0.2, 0.25) is 0 Å². The van der Waals surface area contributed by atoms with Gasteiger partial charge in [-0.3, -0.25) is 0 Å². The molecule has 5 atom stereocenters. The molecule has 2 aromatic rings. The summed E-state index contributed by atoms with van der Waals surface area (Å²) in [5.74, 6) is 2.60. The summed E-state index contributed by atoms with van der Waals surface area (Å²) in [5, 5.41) is 15.1. The van der Waals surface area contributed by atoms with Crippen LogP contribution in [0.2, 0.25) is 0 Å². The highest BCUT2D eigenvalue weighted by atomic mass is 16.5. The van der Waals surface area contributed by atoms with Crippen LogP contribution in [0.5, 0.6) is 5.75 Å². The van der Waals surface area contributed by atoms with Gasteiger partial charge in [0.15, 0.2) is 0 Å². The molecule has 1 N–H and O–H groups in total. The molecule has 3 aliphatic carbocycles. The van der Waals surface area contributed by atoms with Gasteiger partial charge in [-0.25, -0.2) is 0 Å². The third-order valence-corrected chi connectivity index (χ3v) is 8.66. The Morgan fingerprint density at radius 2 is 1.97 bits per heavy atom. The maximum Gasteiger partial charge on any atom is 0.120 e. The fraction of sp³-hybridized carbons (Fsp3) is 0.538. The van der Waals surface area contributed by atoms with Crippen molar-refractivity contribution < 1.29 is 9.84 Å². The number of fused-ring (bicyclic) bond motifs is 5. The van der Waals surface area contributed by atoms with Crippen molar-refractivity contribution in [1.82, 2.24) is 0 Å². The quantitative estimate of drug-likeness (QED) is 0.359. The minimum atomic E-state index is -0.857. The molecule has 5 heteroatoms. The van der Waals surface area contributed by atoms with Gasteiger partial charge in [0, 0.05) is 4.91 Å². The summed E-state index contributed by atoms with van der Waals surface area (Å²) >= 11 is 0. The van der Waals surface area contributed by atoms with Crippen molar-refractivity contribution in [2.75, 3.05) is 6.54 Å². The Kier molecular flexibility index (Phi) is 5.19. The van der Waals surface area contributed by atoms with Crippen LogP contribution in [0.15, 0.2) is 53.6 Å². The molecular weight excluding hydrogens is 386 g/mol. The van der Waals surface area contributed by atoms with E-state index in [-0.39, 0.29) is 12.0 Å². The monoisotopic (exact) mass is 417 g/mol. The summed E-state index contributed by atoms with van der Waals surface area (Å²) in [7, 11) is 0. The van der Waals surface area contributed by atoms with Crippen LogP contribution in [0.25, 0.3) is 10.4 Å². The van der Waals surface area contributed by atoms with Gasteiger partial charge in [-0.15, -0.1) is 0 Å². The number of rotatable bonds is 5. The first kappa shape index (κ1) is 20.4. The Labute approximate surface area is 184 Å². The number of nitrogens with zero attached hydrogens (tertiary/aromatic N) is 3. The third kappa shape index (κ3) is 3.40. The summed E-state index contributed by atoms with van der Waals surface area (Å²) < 4.78 is 6.07. The minimum absolute atomic E-state index is 0.154. The van der Waals surface area contributed by atoms with Crippen LogP contribution in [0.4, 0.5) is 0 Å². The van der Waals surface area contributed by atoms with Crippen molar-refractivity contribution in [3.05, 3.63) is 75.7 Å². The predicted molar refractivity (Wildman–Crippen MR) is 121 cm³/mol. The van der Waals surface area contributed by atoms with E-state index in [0.717, 1.165) is 44.3 Å². The van der Waals surface area contributed by atoms with Crippen LogP contribution in [0.3, 0.4) is 0 Å². The van der Waals surface area contributed by atoms with Crippen molar-refractivity contribution in [2.24, 2.45) is 22.4 Å². The lowest BCUT2D eigenvalue weighted by molar-refractivity contribution is -0.0958. The van der Waals surface area contributed by atoms with Crippen LogP contribution >= 0.6 is 0 Å². The van der Waals surface area contributed by atoms with Crippen LogP contribution in [0.1, 0.15) is 61.6 Å². The first-order chi connectivity index (χ1) is 15.0. The molecule has 0 saturated heterocycles. The zero-order valence-electron chi connectivity index (χ0n) is 18.2. The van der Waals surface area contributed by atoms with Gasteiger partial charge in [0.05, 0.1) is 12.1 Å². The van der Waals surface area contributed by atoms with Crippen molar-refractivity contribution in [3.63, 3.8) is 0 Å². The van der Waals surface area contributed by atoms with E-state index in [1.54, 1.807) is 0 Å². The van der Waals surface area contributed by atoms with Crippen molar-refractivity contribution in [1.29, 1.82) is 0 Å². The van der Waals surface area contributed by atoms with E-state index < -0.39 is 5.60 Å². The molecule has 0 aromatic heterocycles. The SMILES string of the molecule is C[C@]12CC[C@@H]3c4ccc(OCc5ccccc5)cc4CC[C@H]3[C@@H]1CC[C@@]2(O)CN=[N+]=[N-]. The lowest BCUT2D eigenvalue weighted by atomic mass is 9.53. The molecule has 162 valence electrons. The standard InChI is InChI=1S/C26H31N3O2/c1-25-13-11-22-21-10-8-20(31-16-18-5-3-2-4-6-18)15-19(21)7-9-23(22)24(25)12-14-26(25,30)17-28-29-27/h2-6,8,10,15,22-24,30H,7,9,11-14,16-17H2,1H3/t22-,23-,24+,25+,26-/m1/s1. The molecule has 5 rings (SSSR count). The number of aliphatic hydroxyl groups is 1. The highest BCUT2D eigenvalue weighted by Gasteiger charge is 2.61. The van der Waals surface area contributed by atoms with Crippen molar-refractivity contribution >= 4 is 0 Å². The van der Waals surface area contributed by atoms with Gasteiger partial charge < -0.3 is 9.84 Å². The number of hydrogen-bond donors (Lipinski definition) is 1. The maximum atomic E-state index is 11.4. The Morgan fingerprint density at radius 3 is 2.77 bits per heavy atom. The summed E-state index contributed by atoms with van der Waals surface area (Å²) in [5.41, 5.74) is 11.9. The van der Waals surface area contributed by atoms with Crippen LogP contribution in [-0.2, 0) is 13.0 Å². The topological polar surface area (TPSA) is 78.2 Å². The maximum absolute atomic E-state index is 11.4. The van der Waals surface area contributed by atoms with Gasteiger partial charge in [0.1, 0.15) is 12.4 Å². The largest absolute Gasteiger partial charge is 0.489 e. The number of benzene rings is 2. The van der Waals surface area contributed by atoms with E-state index >= 15 is 0 Å². The average molecular weight is 418 g/mol. The Balaban J connectivity index is 1.34. The highest BCUT2D eigenvalue weighted by Crippen LogP contribution is 2.64. The summed E-state index contributed by atoms with van der Waals surface area (Å²) in [6.07, 6.45) is 6.09. The van der Waals surface area contributed by atoms with Crippen LogP contribution in [-0.4, -0.2) is 17.3 Å². The van der Waals surface area contributed by atoms with Gasteiger partial charge in [0.25, 0.3) is 0 Å². The van der Waals surface area contributed by atoms with E-state index in [1.165, 1.54) is 16.7 Å². The molecule has 0 spiro atoms. The van der Waals surface area contributed by atoms with Crippen molar-refractivity contribution in [2.45, 2.75) is 63.6 Å². The molecule has 31 heavy (non-hydrogen) atoms. The van der Waals surface area contributed by atoms with Gasteiger partial charge >= 0.3 is 0 Å². The molecule has 5 nitrogen and oxygen atoms in total. The minimum Gasteiger partial charge on any atom is -0.489 e. The van der Waals surface area contributed by atoms with E-state index in [9.17, 15) is 5.11 Å². The van der Waals surface area contributed by atoms with E-state index in [4.69, 9.17) is 10.3 Å². The van der Waals surface area contributed by atoms with E-state index in [0.29, 0.717) is 24.4 Å². The fourth-order valence-electron chi connectivity index (χ4n) is 6.91. The van der Waals surface area contributed by atoms with Gasteiger partial charge in [-0.1, -0.05) is 48.4 Å². The highest BCUT2D eigenvalue weighted by molar-refractivity contribution is 5.41. The molecule has 0 aliphatic heterocycles. The second kappa shape index (κ2) is 7.89. The Hall–Kier alpha value is -2.49. The second-order valence-electron chi connectivity index (χ2n) is 9.97. The summed E-state index contributed by atoms with van der Waals surface area (Å²) in [4.78, 5) is 2.92.